The largest absolute Gasteiger partial charge is 0.294 e. The van der Waals surface area contributed by atoms with Gasteiger partial charge in [0.2, 0.25) is 0 Å². The lowest BCUT2D eigenvalue weighted by molar-refractivity contribution is -0.114. The molecular weight excluding hydrogens is 292 g/mol. The highest BCUT2D eigenvalue weighted by Crippen LogP contribution is 2.33. The van der Waals surface area contributed by atoms with E-state index in [9.17, 15) is 4.79 Å². The Labute approximate surface area is 148 Å². The minimum Gasteiger partial charge on any atom is -0.294 e. The average molecular weight is 327 g/mol. The molecule has 1 rings (SSSR count). The number of allylic oxidation sites excluding steroid dienone is 3. The fourth-order valence-corrected chi connectivity index (χ4v) is 3.50. The van der Waals surface area contributed by atoms with Crippen LogP contribution < -0.4 is 0 Å². The number of unbranched alkanes of at least 4 members (excludes halogenated alkanes) is 2. The predicted molar refractivity (Wildman–Crippen MR) is 106 cm³/mol. The van der Waals surface area contributed by atoms with Crippen molar-refractivity contribution in [2.45, 2.75) is 79.6 Å². The maximum absolute atomic E-state index is 12.8. The van der Waals surface area contributed by atoms with Crippen molar-refractivity contribution < 1.29 is 4.79 Å². The van der Waals surface area contributed by atoms with E-state index in [4.69, 9.17) is 0 Å². The van der Waals surface area contributed by atoms with E-state index in [1.54, 1.807) is 6.08 Å². The van der Waals surface area contributed by atoms with Crippen molar-refractivity contribution >= 4 is 11.4 Å². The van der Waals surface area contributed by atoms with Crippen LogP contribution in [0, 0.1) is 20.8 Å². The van der Waals surface area contributed by atoms with Gasteiger partial charge in [0.05, 0.1) is 0 Å². The molecule has 0 saturated carbocycles. The molecule has 0 aromatic heterocycles. The molecule has 0 radical (unpaired) electrons. The van der Waals surface area contributed by atoms with Crippen LogP contribution in [0.5, 0.6) is 0 Å². The van der Waals surface area contributed by atoms with Crippen molar-refractivity contribution in [1.82, 2.24) is 0 Å². The zero-order valence-electron chi connectivity index (χ0n) is 16.3. The Morgan fingerprint density at radius 2 is 1.54 bits per heavy atom. The lowest BCUT2D eigenvalue weighted by Crippen LogP contribution is -2.08. The SMILES string of the molecule is C=CCC(=O)/C(CCCC)=C(/CCCC)c1c(C)cc(C)cc1C. The van der Waals surface area contributed by atoms with Gasteiger partial charge in [-0.25, -0.2) is 0 Å². The van der Waals surface area contributed by atoms with Gasteiger partial charge in [-0.2, -0.15) is 0 Å². The number of carbonyl (C=O) groups excluding carboxylic acids is 1. The van der Waals surface area contributed by atoms with Crippen molar-refractivity contribution in [3.8, 4) is 0 Å². The van der Waals surface area contributed by atoms with Crippen LogP contribution in [-0.4, -0.2) is 5.78 Å². The monoisotopic (exact) mass is 326 g/mol. The fourth-order valence-electron chi connectivity index (χ4n) is 3.50. The van der Waals surface area contributed by atoms with Crippen LogP contribution in [0.3, 0.4) is 0 Å². The molecule has 1 heteroatoms. The third kappa shape index (κ3) is 5.47. The van der Waals surface area contributed by atoms with Gasteiger partial charge in [0.15, 0.2) is 5.78 Å². The van der Waals surface area contributed by atoms with Crippen molar-refractivity contribution in [1.29, 1.82) is 0 Å². The number of rotatable bonds is 10. The zero-order chi connectivity index (χ0) is 18.1. The third-order valence-electron chi connectivity index (χ3n) is 4.57. The Morgan fingerprint density at radius 1 is 1.00 bits per heavy atom. The summed E-state index contributed by atoms with van der Waals surface area (Å²) in [5.41, 5.74) is 7.50. The van der Waals surface area contributed by atoms with Crippen LogP contribution >= 0.6 is 0 Å². The fraction of sp³-hybridized carbons (Fsp3) is 0.522. The van der Waals surface area contributed by atoms with Gasteiger partial charge < -0.3 is 0 Å². The highest BCUT2D eigenvalue weighted by Gasteiger charge is 2.18. The van der Waals surface area contributed by atoms with Crippen molar-refractivity contribution in [3.63, 3.8) is 0 Å². The van der Waals surface area contributed by atoms with E-state index in [-0.39, 0.29) is 5.78 Å². The molecule has 0 heterocycles. The summed E-state index contributed by atoms with van der Waals surface area (Å²) in [6.07, 6.45) is 8.50. The summed E-state index contributed by atoms with van der Waals surface area (Å²) in [5, 5.41) is 0. The molecule has 0 aliphatic carbocycles. The second kappa shape index (κ2) is 10.3. The lowest BCUT2D eigenvalue weighted by atomic mass is 9.84. The second-order valence-corrected chi connectivity index (χ2v) is 6.85. The summed E-state index contributed by atoms with van der Waals surface area (Å²) < 4.78 is 0. The Hall–Kier alpha value is -1.63. The molecule has 0 bridgehead atoms. The molecule has 1 aromatic rings. The molecule has 0 atom stereocenters. The minimum atomic E-state index is 0.254. The van der Waals surface area contributed by atoms with Crippen LogP contribution in [0.25, 0.3) is 5.57 Å². The normalized spacial score (nSPS) is 12.0. The number of ketones is 1. The van der Waals surface area contributed by atoms with E-state index in [1.165, 1.54) is 27.8 Å². The van der Waals surface area contributed by atoms with E-state index in [0.29, 0.717) is 6.42 Å². The van der Waals surface area contributed by atoms with E-state index in [1.807, 2.05) is 0 Å². The summed E-state index contributed by atoms with van der Waals surface area (Å²) in [6, 6.07) is 4.48. The minimum absolute atomic E-state index is 0.254. The van der Waals surface area contributed by atoms with Gasteiger partial charge >= 0.3 is 0 Å². The van der Waals surface area contributed by atoms with Crippen molar-refractivity contribution in [2.75, 3.05) is 0 Å². The molecule has 0 aliphatic rings. The maximum Gasteiger partial charge on any atom is 0.162 e. The standard InChI is InChI=1S/C23H34O/c1-7-10-13-20(22(24)12-9-3)21(14-11-8-2)23-18(5)15-17(4)16-19(23)6/h9,15-16H,3,7-8,10-14H2,1-2,4-6H3/b21-20-. The first-order valence-corrected chi connectivity index (χ1v) is 9.40. The zero-order valence-corrected chi connectivity index (χ0v) is 16.3. The second-order valence-electron chi connectivity index (χ2n) is 6.85. The number of carbonyl (C=O) groups is 1. The van der Waals surface area contributed by atoms with Crippen molar-refractivity contribution in [2.24, 2.45) is 0 Å². The molecule has 1 nitrogen and oxygen atoms in total. The van der Waals surface area contributed by atoms with Crippen LogP contribution in [0.1, 0.15) is 81.0 Å². The van der Waals surface area contributed by atoms with E-state index in [0.717, 1.165) is 44.1 Å². The Bertz CT molecular complexity index is 581. The molecule has 0 amide bonds. The molecule has 1 aromatic carbocycles. The topological polar surface area (TPSA) is 17.1 Å². The predicted octanol–water partition coefficient (Wildman–Crippen LogP) is 6.89. The highest BCUT2D eigenvalue weighted by atomic mass is 16.1. The van der Waals surface area contributed by atoms with Gasteiger partial charge in [0.25, 0.3) is 0 Å². The molecule has 132 valence electrons. The summed E-state index contributed by atoms with van der Waals surface area (Å²) in [7, 11) is 0. The van der Waals surface area contributed by atoms with Gasteiger partial charge in [-0.3, -0.25) is 4.79 Å². The number of hydrogen-bond donors (Lipinski definition) is 0. The molecule has 0 N–H and O–H groups in total. The average Bonchev–Trinajstić information content (AvgIpc) is 2.51. The van der Waals surface area contributed by atoms with Crippen LogP contribution in [0.15, 0.2) is 30.4 Å². The lowest BCUT2D eigenvalue weighted by Gasteiger charge is -2.20. The van der Waals surface area contributed by atoms with Gasteiger partial charge in [-0.05, 0) is 74.3 Å². The quantitative estimate of drug-likeness (QED) is 0.338. The van der Waals surface area contributed by atoms with Crippen LogP contribution in [0.4, 0.5) is 0 Å². The van der Waals surface area contributed by atoms with Crippen LogP contribution in [-0.2, 0) is 4.79 Å². The van der Waals surface area contributed by atoms with Gasteiger partial charge in [0, 0.05) is 6.42 Å². The molecule has 0 fully saturated rings. The number of hydrogen-bond acceptors (Lipinski definition) is 1. The number of benzene rings is 1. The molecule has 24 heavy (non-hydrogen) atoms. The first kappa shape index (κ1) is 20.4. The molecule has 0 saturated heterocycles. The third-order valence-corrected chi connectivity index (χ3v) is 4.57. The molecule has 0 spiro atoms. The van der Waals surface area contributed by atoms with Gasteiger partial charge in [0.1, 0.15) is 0 Å². The number of Topliss-reactive ketones (excluding diaryl/α,β-unsaturated/α-hetero) is 1. The summed E-state index contributed by atoms with van der Waals surface area (Å²) in [6.45, 7) is 14.7. The molecule has 0 unspecified atom stereocenters. The Morgan fingerprint density at radius 3 is 2.04 bits per heavy atom. The van der Waals surface area contributed by atoms with E-state index >= 15 is 0 Å². The smallest absolute Gasteiger partial charge is 0.162 e. The Balaban J connectivity index is 3.53. The summed E-state index contributed by atoms with van der Waals surface area (Å²) in [5.74, 6) is 0.254. The molecule has 0 aliphatic heterocycles. The molecular formula is C23H34O. The highest BCUT2D eigenvalue weighted by molar-refractivity contribution is 6.03. The summed E-state index contributed by atoms with van der Waals surface area (Å²) in [4.78, 5) is 12.8. The van der Waals surface area contributed by atoms with Gasteiger partial charge in [-0.15, -0.1) is 6.58 Å². The maximum atomic E-state index is 12.8. The van der Waals surface area contributed by atoms with E-state index in [2.05, 4.69) is 53.3 Å². The first-order valence-electron chi connectivity index (χ1n) is 9.40. The summed E-state index contributed by atoms with van der Waals surface area (Å²) >= 11 is 0. The Kier molecular flexibility index (Phi) is 8.74. The van der Waals surface area contributed by atoms with Gasteiger partial charge in [-0.1, -0.05) is 50.5 Å². The van der Waals surface area contributed by atoms with E-state index < -0.39 is 0 Å². The first-order chi connectivity index (χ1) is 11.5. The van der Waals surface area contributed by atoms with Crippen LogP contribution in [0.2, 0.25) is 0 Å². The van der Waals surface area contributed by atoms with Crippen molar-refractivity contribution in [3.05, 3.63) is 52.6 Å². The number of aryl methyl sites for hydroxylation is 3.